The number of rotatable bonds is 7. The lowest BCUT2D eigenvalue weighted by Crippen LogP contribution is -2.36. The van der Waals surface area contributed by atoms with E-state index in [-0.39, 0.29) is 16.0 Å². The molecule has 0 radical (unpaired) electrons. The number of aromatic nitrogens is 1. The van der Waals surface area contributed by atoms with Gasteiger partial charge < -0.3 is 9.64 Å². The molecule has 2 aromatic heterocycles. The van der Waals surface area contributed by atoms with Gasteiger partial charge in [0, 0.05) is 36.4 Å². The fourth-order valence-electron chi connectivity index (χ4n) is 5.64. The second-order valence-corrected chi connectivity index (χ2v) is 11.3. The summed E-state index contributed by atoms with van der Waals surface area (Å²) in [6, 6.07) is 15.2. The maximum atomic E-state index is 14.7. The Morgan fingerprint density at radius 2 is 1.80 bits per heavy atom. The fraction of sp³-hybridized carbons (Fsp3) is 0.344. The SMILES string of the molecule is C[N+]#CC1CCC(CN(Cc2cc(-c3ccncc3)ccc2OC)C(=O)c2sc3c(F)ccc(F)c3c2C)CC1. The molecule has 5 rings (SSSR count). The van der Waals surface area contributed by atoms with Gasteiger partial charge in [0.15, 0.2) is 0 Å². The smallest absolute Gasteiger partial charge is 0.275 e. The molecule has 5 nitrogen and oxygen atoms in total. The molecule has 4 aromatic rings. The molecule has 1 amide bonds. The van der Waals surface area contributed by atoms with Crippen LogP contribution in [0.4, 0.5) is 8.78 Å². The Labute approximate surface area is 237 Å². The van der Waals surface area contributed by atoms with Crippen molar-refractivity contribution < 1.29 is 18.3 Å². The van der Waals surface area contributed by atoms with Gasteiger partial charge in [0.2, 0.25) is 0 Å². The lowest BCUT2D eigenvalue weighted by Gasteiger charge is -2.31. The van der Waals surface area contributed by atoms with Crippen LogP contribution in [0.15, 0.2) is 54.9 Å². The molecule has 0 atom stereocenters. The molecule has 1 saturated carbocycles. The zero-order chi connectivity index (χ0) is 28.2. The summed E-state index contributed by atoms with van der Waals surface area (Å²) >= 11 is 1.02. The van der Waals surface area contributed by atoms with Crippen molar-refractivity contribution in [3.05, 3.63) is 87.3 Å². The predicted octanol–water partition coefficient (Wildman–Crippen LogP) is 7.97. The Balaban J connectivity index is 1.51. The van der Waals surface area contributed by atoms with E-state index in [1.54, 1.807) is 33.5 Å². The van der Waals surface area contributed by atoms with Crippen molar-refractivity contribution in [2.75, 3.05) is 20.7 Å². The number of pyridine rings is 1. The number of fused-ring (bicyclic) bond motifs is 1. The third kappa shape index (κ3) is 5.71. The summed E-state index contributed by atoms with van der Waals surface area (Å²) in [4.78, 5) is 24.5. The number of thiophene rings is 1. The first-order valence-corrected chi connectivity index (χ1v) is 14.3. The Morgan fingerprint density at radius 1 is 1.07 bits per heavy atom. The van der Waals surface area contributed by atoms with Crippen LogP contribution in [0.1, 0.15) is 46.5 Å². The van der Waals surface area contributed by atoms with E-state index in [9.17, 15) is 13.6 Å². The Morgan fingerprint density at radius 3 is 2.48 bits per heavy atom. The third-order valence-corrected chi connectivity index (χ3v) is 9.04. The molecule has 0 bridgehead atoms. The zero-order valence-electron chi connectivity index (χ0n) is 22.9. The van der Waals surface area contributed by atoms with Gasteiger partial charge in [-0.1, -0.05) is 10.9 Å². The van der Waals surface area contributed by atoms with Gasteiger partial charge in [-0.15, -0.1) is 11.3 Å². The van der Waals surface area contributed by atoms with Gasteiger partial charge in [0.05, 0.1) is 22.6 Å². The highest BCUT2D eigenvalue weighted by atomic mass is 32.1. The molecule has 0 saturated heterocycles. The lowest BCUT2D eigenvalue weighted by atomic mass is 9.82. The monoisotopic (exact) mass is 560 g/mol. The molecule has 1 aliphatic carbocycles. The molecule has 206 valence electrons. The molecule has 0 N–H and O–H groups in total. The third-order valence-electron chi connectivity index (χ3n) is 7.75. The summed E-state index contributed by atoms with van der Waals surface area (Å²) < 4.78 is 35.2. The summed E-state index contributed by atoms with van der Waals surface area (Å²) in [5.74, 6) is 0.0641. The normalized spacial score (nSPS) is 16.8. The standard InChI is InChI=1S/C32H32F2N3O2S/c1-20-29-26(33)9-10-27(34)31(29)40-30(20)32(38)37(18-22-6-4-21(5-7-22)17-35-2)19-25-16-24(8-11-28(25)39-3)23-12-14-36-15-13-23/h8-16,21-22H,4-7,18-19H2,1-3H3/q+1. The quantitative estimate of drug-likeness (QED) is 0.230. The maximum absolute atomic E-state index is 14.7. The number of carbonyl (C=O) groups excluding carboxylic acids is 1. The van der Waals surface area contributed by atoms with Crippen LogP contribution in [0, 0.1) is 36.5 Å². The van der Waals surface area contributed by atoms with Crippen molar-refractivity contribution in [1.82, 2.24) is 9.88 Å². The number of benzene rings is 2. The molecule has 1 aliphatic rings. The summed E-state index contributed by atoms with van der Waals surface area (Å²) in [6.45, 7) is 2.54. The highest BCUT2D eigenvalue weighted by molar-refractivity contribution is 7.21. The zero-order valence-corrected chi connectivity index (χ0v) is 23.7. The predicted molar refractivity (Wildman–Crippen MR) is 156 cm³/mol. The van der Waals surface area contributed by atoms with E-state index in [1.165, 1.54) is 0 Å². The molecular weight excluding hydrogens is 528 g/mol. The first kappa shape index (κ1) is 27.7. The lowest BCUT2D eigenvalue weighted by molar-refractivity contribution is 0.0698. The number of carbonyl (C=O) groups is 1. The van der Waals surface area contributed by atoms with Crippen LogP contribution in [0.3, 0.4) is 0 Å². The molecule has 0 unspecified atom stereocenters. The number of halogens is 2. The van der Waals surface area contributed by atoms with Gasteiger partial charge >= 0.3 is 0 Å². The largest absolute Gasteiger partial charge is 0.496 e. The van der Waals surface area contributed by atoms with Crippen LogP contribution in [0.25, 0.3) is 26.1 Å². The minimum Gasteiger partial charge on any atom is -0.496 e. The van der Waals surface area contributed by atoms with Crippen LogP contribution in [0.2, 0.25) is 0 Å². The van der Waals surface area contributed by atoms with Crippen molar-refractivity contribution in [2.45, 2.75) is 39.2 Å². The number of hydrogen-bond acceptors (Lipinski definition) is 4. The van der Waals surface area contributed by atoms with Gasteiger partial charge in [-0.25, -0.2) is 8.78 Å². The first-order valence-electron chi connectivity index (χ1n) is 13.5. The summed E-state index contributed by atoms with van der Waals surface area (Å²) in [6.07, 6.45) is 7.36. The van der Waals surface area contributed by atoms with E-state index >= 15 is 0 Å². The number of ether oxygens (including phenoxy) is 1. The van der Waals surface area contributed by atoms with E-state index in [1.807, 2.05) is 35.2 Å². The van der Waals surface area contributed by atoms with Crippen LogP contribution in [-0.4, -0.2) is 36.5 Å². The number of amides is 1. The highest BCUT2D eigenvalue weighted by Gasteiger charge is 2.30. The molecule has 0 spiro atoms. The molecule has 2 heterocycles. The van der Waals surface area contributed by atoms with Gasteiger partial charge in [-0.3, -0.25) is 9.78 Å². The average molecular weight is 561 g/mol. The Kier molecular flexibility index (Phi) is 8.41. The molecule has 0 aliphatic heterocycles. The second-order valence-electron chi connectivity index (χ2n) is 10.3. The molecular formula is C32H32F2N3O2S+. The van der Waals surface area contributed by atoms with Gasteiger partial charge in [0.1, 0.15) is 17.4 Å². The minimum absolute atomic E-state index is 0.174. The molecule has 8 heteroatoms. The summed E-state index contributed by atoms with van der Waals surface area (Å²) in [7, 11) is 3.37. The summed E-state index contributed by atoms with van der Waals surface area (Å²) in [5.41, 5.74) is 3.33. The molecule has 1 fully saturated rings. The van der Waals surface area contributed by atoms with Crippen LogP contribution in [0.5, 0.6) is 5.75 Å². The van der Waals surface area contributed by atoms with Crippen molar-refractivity contribution in [1.29, 1.82) is 0 Å². The second kappa shape index (κ2) is 12.1. The van der Waals surface area contributed by atoms with E-state index in [0.29, 0.717) is 41.1 Å². The average Bonchev–Trinajstić information content (AvgIpc) is 3.34. The Bertz CT molecular complexity index is 1580. The van der Waals surface area contributed by atoms with Crippen LogP contribution >= 0.6 is 11.3 Å². The number of nitrogens with zero attached hydrogens (tertiary/aromatic N) is 3. The van der Waals surface area contributed by atoms with Crippen LogP contribution in [-0.2, 0) is 6.54 Å². The van der Waals surface area contributed by atoms with Crippen molar-refractivity contribution in [3.63, 3.8) is 0 Å². The van der Waals surface area contributed by atoms with E-state index < -0.39 is 11.6 Å². The van der Waals surface area contributed by atoms with Crippen molar-refractivity contribution >= 4 is 27.3 Å². The fourth-order valence-corrected chi connectivity index (χ4v) is 6.84. The van der Waals surface area contributed by atoms with Gasteiger partial charge in [0.25, 0.3) is 19.0 Å². The van der Waals surface area contributed by atoms with Crippen molar-refractivity contribution in [3.8, 4) is 22.9 Å². The molecule has 2 aromatic carbocycles. The van der Waals surface area contributed by atoms with Crippen LogP contribution < -0.4 is 4.74 Å². The number of hydrogen-bond donors (Lipinski definition) is 0. The van der Waals surface area contributed by atoms with Gasteiger partial charge in [-0.2, -0.15) is 0 Å². The van der Waals surface area contributed by atoms with E-state index in [0.717, 1.165) is 65.8 Å². The number of methoxy groups -OCH3 is 1. The Hall–Kier alpha value is -3.83. The maximum Gasteiger partial charge on any atom is 0.275 e. The highest BCUT2D eigenvalue weighted by Crippen LogP contribution is 2.37. The van der Waals surface area contributed by atoms with E-state index in [4.69, 9.17) is 4.74 Å². The van der Waals surface area contributed by atoms with Crippen molar-refractivity contribution in [2.24, 2.45) is 11.8 Å². The minimum atomic E-state index is -0.519. The number of aryl methyl sites for hydroxylation is 1. The van der Waals surface area contributed by atoms with Gasteiger partial charge in [-0.05, 0) is 91.6 Å². The first-order chi connectivity index (χ1) is 19.4. The van der Waals surface area contributed by atoms with E-state index in [2.05, 4.69) is 15.9 Å². The topological polar surface area (TPSA) is 46.8 Å². The molecule has 40 heavy (non-hydrogen) atoms. The summed E-state index contributed by atoms with van der Waals surface area (Å²) in [5, 5.41) is 0.181.